The molecule has 0 spiro atoms. The Labute approximate surface area is 153 Å². The zero-order valence-corrected chi connectivity index (χ0v) is 14.8. The Morgan fingerprint density at radius 3 is 2.74 bits per heavy atom. The van der Waals surface area contributed by atoms with E-state index in [1.165, 1.54) is 6.07 Å². The highest BCUT2D eigenvalue weighted by molar-refractivity contribution is 5.79. The van der Waals surface area contributed by atoms with Crippen LogP contribution in [0.15, 0.2) is 21.6 Å². The third-order valence-corrected chi connectivity index (χ3v) is 3.51. The molecule has 11 heteroatoms. The maximum Gasteiger partial charge on any atom is 0.387 e. The average molecular weight is 383 g/mol. The van der Waals surface area contributed by atoms with E-state index in [2.05, 4.69) is 30.5 Å². The molecule has 9 nitrogen and oxygen atoms in total. The van der Waals surface area contributed by atoms with Crippen molar-refractivity contribution in [2.24, 2.45) is 4.99 Å². The van der Waals surface area contributed by atoms with Gasteiger partial charge in [0.15, 0.2) is 23.3 Å². The fourth-order valence-corrected chi connectivity index (χ4v) is 2.38. The number of aliphatic imine (C=N–C) groups is 1. The molecule has 0 aliphatic carbocycles. The van der Waals surface area contributed by atoms with Crippen molar-refractivity contribution in [2.45, 2.75) is 33.5 Å². The van der Waals surface area contributed by atoms with Crippen LogP contribution in [0.4, 0.5) is 8.78 Å². The van der Waals surface area contributed by atoms with E-state index in [0.717, 1.165) is 0 Å². The molecule has 0 bridgehead atoms. The summed E-state index contributed by atoms with van der Waals surface area (Å²) < 4.78 is 45.4. The van der Waals surface area contributed by atoms with Gasteiger partial charge in [0, 0.05) is 25.1 Å². The fourth-order valence-electron chi connectivity index (χ4n) is 2.38. The molecular weight excluding hydrogens is 364 g/mol. The molecule has 1 aromatic heterocycles. The third kappa shape index (κ3) is 4.96. The zero-order chi connectivity index (χ0) is 19.2. The van der Waals surface area contributed by atoms with Gasteiger partial charge in [-0.15, -0.1) is 0 Å². The van der Waals surface area contributed by atoms with Gasteiger partial charge in [-0.05, 0) is 13.0 Å². The second-order valence-electron chi connectivity index (χ2n) is 5.47. The first-order valence-electron chi connectivity index (χ1n) is 8.24. The maximum atomic E-state index is 12.7. The normalized spacial score (nSPS) is 13.1. The zero-order valence-electron chi connectivity index (χ0n) is 14.8. The van der Waals surface area contributed by atoms with Gasteiger partial charge < -0.3 is 29.4 Å². The number of nitrogens with one attached hydrogen (secondary N) is 2. The van der Waals surface area contributed by atoms with Crippen LogP contribution in [0, 0.1) is 6.92 Å². The molecule has 2 N–H and O–H groups in total. The van der Waals surface area contributed by atoms with Gasteiger partial charge in [0.05, 0.1) is 13.1 Å². The van der Waals surface area contributed by atoms with E-state index in [-0.39, 0.29) is 19.1 Å². The van der Waals surface area contributed by atoms with Crippen LogP contribution in [0.3, 0.4) is 0 Å². The minimum absolute atomic E-state index is 0.0114. The molecule has 0 atom stereocenters. The van der Waals surface area contributed by atoms with Crippen molar-refractivity contribution in [3.8, 4) is 17.2 Å². The predicted molar refractivity (Wildman–Crippen MR) is 89.9 cm³/mol. The first-order chi connectivity index (χ1) is 13.0. The number of fused-ring (bicyclic) bond motifs is 1. The summed E-state index contributed by atoms with van der Waals surface area (Å²) in [5.41, 5.74) is 0.437. The van der Waals surface area contributed by atoms with Crippen molar-refractivity contribution in [1.82, 2.24) is 20.8 Å². The molecule has 0 unspecified atom stereocenters. The van der Waals surface area contributed by atoms with Crippen LogP contribution in [0.25, 0.3) is 0 Å². The van der Waals surface area contributed by atoms with Gasteiger partial charge in [0.25, 0.3) is 0 Å². The van der Waals surface area contributed by atoms with Crippen LogP contribution in [-0.4, -0.2) is 36.0 Å². The molecule has 0 fully saturated rings. The Morgan fingerprint density at radius 2 is 2.07 bits per heavy atom. The molecule has 0 radical (unpaired) electrons. The van der Waals surface area contributed by atoms with E-state index >= 15 is 0 Å². The first-order valence-corrected chi connectivity index (χ1v) is 8.24. The smallest absolute Gasteiger partial charge is 0.387 e. The molecule has 2 aromatic rings. The molecule has 3 rings (SSSR count). The monoisotopic (exact) mass is 383 g/mol. The molecule has 2 heterocycles. The van der Waals surface area contributed by atoms with Gasteiger partial charge in [0.2, 0.25) is 12.7 Å². The van der Waals surface area contributed by atoms with E-state index in [1.54, 1.807) is 13.0 Å². The Bertz CT molecular complexity index is 812. The molecule has 0 saturated carbocycles. The lowest BCUT2D eigenvalue weighted by Crippen LogP contribution is -2.37. The summed E-state index contributed by atoms with van der Waals surface area (Å²) in [7, 11) is 0. The molecule has 0 saturated heterocycles. The van der Waals surface area contributed by atoms with Gasteiger partial charge >= 0.3 is 6.61 Å². The van der Waals surface area contributed by atoms with E-state index in [9.17, 15) is 8.78 Å². The molecule has 27 heavy (non-hydrogen) atoms. The number of rotatable bonds is 7. The molecule has 1 aliphatic rings. The Balaban J connectivity index is 1.74. The summed E-state index contributed by atoms with van der Waals surface area (Å²) in [5, 5.41) is 9.88. The SMILES string of the molecule is CCNC(=NCc1cc2c(cc1OC(F)F)OCO2)NCc1noc(C)n1. The van der Waals surface area contributed by atoms with E-state index in [4.69, 9.17) is 14.0 Å². The number of benzene rings is 1. The fraction of sp³-hybridized carbons (Fsp3) is 0.438. The Hall–Kier alpha value is -3.11. The summed E-state index contributed by atoms with van der Waals surface area (Å²) in [6, 6.07) is 2.96. The standard InChI is InChI=1S/C16H19F2N5O4/c1-3-19-16(21-7-14-22-9(2)27-23-14)20-6-10-4-12-13(25-8-24-12)5-11(10)26-15(17)18/h4-5,15H,3,6-8H2,1-2H3,(H2,19,20,21). The summed E-state index contributed by atoms with van der Waals surface area (Å²) in [5.74, 6) is 2.20. The number of aryl methyl sites for hydroxylation is 1. The number of halogens is 2. The molecular formula is C16H19F2N5O4. The van der Waals surface area contributed by atoms with Crippen molar-refractivity contribution in [1.29, 1.82) is 0 Å². The van der Waals surface area contributed by atoms with Crippen molar-refractivity contribution < 1.29 is 27.5 Å². The topological polar surface area (TPSA) is 103 Å². The van der Waals surface area contributed by atoms with Crippen LogP contribution in [-0.2, 0) is 13.1 Å². The lowest BCUT2D eigenvalue weighted by Gasteiger charge is -2.12. The summed E-state index contributed by atoms with van der Waals surface area (Å²) in [4.78, 5) is 8.48. The maximum absolute atomic E-state index is 12.7. The van der Waals surface area contributed by atoms with Crippen LogP contribution < -0.4 is 24.8 Å². The average Bonchev–Trinajstić information content (AvgIpc) is 3.25. The number of hydrogen-bond donors (Lipinski definition) is 2. The highest BCUT2D eigenvalue weighted by Gasteiger charge is 2.20. The highest BCUT2D eigenvalue weighted by atomic mass is 19.3. The number of guanidine groups is 1. The lowest BCUT2D eigenvalue weighted by molar-refractivity contribution is -0.0505. The van der Waals surface area contributed by atoms with E-state index in [0.29, 0.717) is 47.8 Å². The van der Waals surface area contributed by atoms with Gasteiger partial charge in [-0.3, -0.25) is 0 Å². The number of ether oxygens (including phenoxy) is 3. The quantitative estimate of drug-likeness (QED) is 0.553. The second-order valence-corrected chi connectivity index (χ2v) is 5.47. The molecule has 0 amide bonds. The summed E-state index contributed by atoms with van der Waals surface area (Å²) >= 11 is 0. The van der Waals surface area contributed by atoms with E-state index < -0.39 is 6.61 Å². The Morgan fingerprint density at radius 1 is 1.30 bits per heavy atom. The summed E-state index contributed by atoms with van der Waals surface area (Å²) in [6.45, 7) is 1.66. The van der Waals surface area contributed by atoms with Crippen molar-refractivity contribution in [3.63, 3.8) is 0 Å². The number of nitrogens with zero attached hydrogens (tertiary/aromatic N) is 3. The van der Waals surface area contributed by atoms with Gasteiger partial charge in [0.1, 0.15) is 5.75 Å². The van der Waals surface area contributed by atoms with Crippen LogP contribution >= 0.6 is 0 Å². The van der Waals surface area contributed by atoms with Crippen molar-refractivity contribution in [2.75, 3.05) is 13.3 Å². The predicted octanol–water partition coefficient (Wildman–Crippen LogP) is 1.96. The summed E-state index contributed by atoms with van der Waals surface area (Å²) in [6.07, 6.45) is 0. The van der Waals surface area contributed by atoms with Gasteiger partial charge in [-0.2, -0.15) is 13.8 Å². The van der Waals surface area contributed by atoms with Crippen molar-refractivity contribution in [3.05, 3.63) is 29.4 Å². The first kappa shape index (κ1) is 18.7. The van der Waals surface area contributed by atoms with Crippen LogP contribution in [0.5, 0.6) is 17.2 Å². The molecule has 1 aliphatic heterocycles. The third-order valence-electron chi connectivity index (χ3n) is 3.51. The Kier molecular flexibility index (Phi) is 5.89. The molecule has 146 valence electrons. The number of alkyl halides is 2. The van der Waals surface area contributed by atoms with Gasteiger partial charge in [-0.1, -0.05) is 5.16 Å². The lowest BCUT2D eigenvalue weighted by atomic mass is 10.1. The number of hydrogen-bond acceptors (Lipinski definition) is 7. The second kappa shape index (κ2) is 8.52. The van der Waals surface area contributed by atoms with Crippen LogP contribution in [0.2, 0.25) is 0 Å². The highest BCUT2D eigenvalue weighted by Crippen LogP contribution is 2.39. The number of aromatic nitrogens is 2. The van der Waals surface area contributed by atoms with Crippen molar-refractivity contribution >= 4 is 5.96 Å². The molecule has 1 aromatic carbocycles. The largest absolute Gasteiger partial charge is 0.454 e. The van der Waals surface area contributed by atoms with E-state index in [1.807, 2.05) is 6.92 Å². The minimum atomic E-state index is -2.96. The van der Waals surface area contributed by atoms with Crippen LogP contribution in [0.1, 0.15) is 24.2 Å². The van der Waals surface area contributed by atoms with Gasteiger partial charge in [-0.25, -0.2) is 4.99 Å². The minimum Gasteiger partial charge on any atom is -0.454 e.